The van der Waals surface area contributed by atoms with Gasteiger partial charge in [-0.15, -0.1) is 0 Å². The largest absolute Gasteiger partial charge is 0.354 e. The lowest BCUT2D eigenvalue weighted by molar-refractivity contribution is 0.710. The summed E-state index contributed by atoms with van der Waals surface area (Å²) >= 11 is 2.18. The highest BCUT2D eigenvalue weighted by Gasteiger charge is 1.99. The lowest BCUT2D eigenvalue weighted by Gasteiger charge is -2.04. The molecule has 0 atom stereocenters. The molecule has 2 heterocycles. The lowest BCUT2D eigenvalue weighted by atomic mass is 10.3. The summed E-state index contributed by atoms with van der Waals surface area (Å²) in [5.41, 5.74) is 1.19. The van der Waals surface area contributed by atoms with Crippen molar-refractivity contribution in [3.05, 3.63) is 33.9 Å². The Morgan fingerprint density at radius 3 is 2.75 bits per heavy atom. The smallest absolute Gasteiger partial charge is 0.222 e. The molecule has 84 valence electrons. The first-order chi connectivity index (χ1) is 7.75. The normalized spacial score (nSPS) is 10.4. The van der Waals surface area contributed by atoms with E-state index in [2.05, 4.69) is 43.0 Å². The van der Waals surface area contributed by atoms with Crippen molar-refractivity contribution in [2.24, 2.45) is 7.05 Å². The number of aryl methyl sites for hydroxylation is 1. The molecule has 0 unspecified atom stereocenters. The summed E-state index contributed by atoms with van der Waals surface area (Å²) in [6.07, 6.45) is 6.29. The number of nitrogens with one attached hydrogen (secondary N) is 1. The number of aromatic nitrogens is 4. The van der Waals surface area contributed by atoms with Gasteiger partial charge in [0.2, 0.25) is 5.95 Å². The van der Waals surface area contributed by atoms with Crippen LogP contribution in [0.3, 0.4) is 0 Å². The number of anilines is 1. The van der Waals surface area contributed by atoms with Crippen molar-refractivity contribution in [2.75, 3.05) is 11.9 Å². The van der Waals surface area contributed by atoms with Crippen molar-refractivity contribution in [3.63, 3.8) is 0 Å². The fourth-order valence-electron chi connectivity index (χ4n) is 1.35. The summed E-state index contributed by atoms with van der Waals surface area (Å²) in [7, 11) is 1.94. The molecule has 0 aromatic carbocycles. The molecule has 0 fully saturated rings. The standard InChI is InChI=1S/C10H12IN5/c1-16-9(3-5-15-16)2-4-12-10-13-6-8(11)7-14-10/h3,5-7H,2,4H2,1H3,(H,12,13,14). The van der Waals surface area contributed by atoms with E-state index in [0.29, 0.717) is 5.95 Å². The van der Waals surface area contributed by atoms with E-state index in [0.717, 1.165) is 16.5 Å². The van der Waals surface area contributed by atoms with Crippen LogP contribution in [0.2, 0.25) is 0 Å². The molecule has 2 aromatic heterocycles. The molecule has 0 saturated heterocycles. The highest BCUT2D eigenvalue weighted by Crippen LogP contribution is 2.03. The van der Waals surface area contributed by atoms with Crippen molar-refractivity contribution in [1.82, 2.24) is 19.7 Å². The van der Waals surface area contributed by atoms with Crippen LogP contribution in [0, 0.1) is 3.57 Å². The molecule has 0 amide bonds. The summed E-state index contributed by atoms with van der Waals surface area (Å²) in [4.78, 5) is 8.33. The van der Waals surface area contributed by atoms with Crippen LogP contribution in [0.5, 0.6) is 0 Å². The Labute approximate surface area is 107 Å². The van der Waals surface area contributed by atoms with Crippen LogP contribution in [0.1, 0.15) is 5.69 Å². The second-order valence-electron chi connectivity index (χ2n) is 3.35. The van der Waals surface area contributed by atoms with Gasteiger partial charge in [0.25, 0.3) is 0 Å². The van der Waals surface area contributed by atoms with Gasteiger partial charge >= 0.3 is 0 Å². The van der Waals surface area contributed by atoms with Crippen LogP contribution in [0.15, 0.2) is 24.7 Å². The van der Waals surface area contributed by atoms with Gasteiger partial charge in [0.15, 0.2) is 0 Å². The third-order valence-corrected chi connectivity index (χ3v) is 2.76. The van der Waals surface area contributed by atoms with Gasteiger partial charge in [-0.25, -0.2) is 9.97 Å². The van der Waals surface area contributed by atoms with Crippen LogP contribution in [-0.2, 0) is 13.5 Å². The quantitative estimate of drug-likeness (QED) is 0.863. The van der Waals surface area contributed by atoms with Crippen molar-refractivity contribution < 1.29 is 0 Å². The molecule has 1 N–H and O–H groups in total. The molecule has 0 saturated carbocycles. The van der Waals surface area contributed by atoms with E-state index >= 15 is 0 Å². The third kappa shape index (κ3) is 2.91. The van der Waals surface area contributed by atoms with Gasteiger partial charge in [-0.2, -0.15) is 5.10 Å². The van der Waals surface area contributed by atoms with E-state index in [-0.39, 0.29) is 0 Å². The number of hydrogen-bond acceptors (Lipinski definition) is 4. The summed E-state index contributed by atoms with van der Waals surface area (Å²) in [5.74, 6) is 0.669. The van der Waals surface area contributed by atoms with E-state index in [9.17, 15) is 0 Å². The Kier molecular flexibility index (Phi) is 3.70. The Balaban J connectivity index is 1.84. The van der Waals surface area contributed by atoms with Gasteiger partial charge in [-0.1, -0.05) is 0 Å². The van der Waals surface area contributed by atoms with Crippen molar-refractivity contribution in [3.8, 4) is 0 Å². The fourth-order valence-corrected chi connectivity index (χ4v) is 1.63. The van der Waals surface area contributed by atoms with E-state index in [4.69, 9.17) is 0 Å². The van der Waals surface area contributed by atoms with Crippen molar-refractivity contribution in [1.29, 1.82) is 0 Å². The second kappa shape index (κ2) is 5.24. The number of halogens is 1. The minimum absolute atomic E-state index is 0.669. The Morgan fingerprint density at radius 2 is 2.12 bits per heavy atom. The maximum absolute atomic E-state index is 4.17. The summed E-state index contributed by atoms with van der Waals surface area (Å²) in [6.45, 7) is 0.806. The first-order valence-corrected chi connectivity index (χ1v) is 6.02. The summed E-state index contributed by atoms with van der Waals surface area (Å²) in [6, 6.07) is 2.01. The van der Waals surface area contributed by atoms with Gasteiger partial charge in [-0.3, -0.25) is 4.68 Å². The lowest BCUT2D eigenvalue weighted by Crippen LogP contribution is -2.10. The van der Waals surface area contributed by atoms with Crippen LogP contribution >= 0.6 is 22.6 Å². The average Bonchev–Trinajstić information content (AvgIpc) is 2.68. The maximum atomic E-state index is 4.17. The Bertz CT molecular complexity index is 450. The molecule has 5 nitrogen and oxygen atoms in total. The molecule has 0 spiro atoms. The monoisotopic (exact) mass is 329 g/mol. The van der Waals surface area contributed by atoms with E-state index in [1.54, 1.807) is 18.6 Å². The van der Waals surface area contributed by atoms with Crippen molar-refractivity contribution >= 4 is 28.5 Å². The molecule has 2 aromatic rings. The molecule has 0 aliphatic rings. The van der Waals surface area contributed by atoms with Crippen LogP contribution in [0.4, 0.5) is 5.95 Å². The maximum Gasteiger partial charge on any atom is 0.222 e. The summed E-state index contributed by atoms with van der Waals surface area (Å²) < 4.78 is 2.91. The first-order valence-electron chi connectivity index (χ1n) is 4.94. The zero-order valence-corrected chi connectivity index (χ0v) is 11.0. The Hall–Kier alpha value is -1.18. The van der Waals surface area contributed by atoms with Crippen LogP contribution in [-0.4, -0.2) is 26.3 Å². The SMILES string of the molecule is Cn1nccc1CCNc1ncc(I)cn1. The predicted molar refractivity (Wildman–Crippen MR) is 70.2 cm³/mol. The second-order valence-corrected chi connectivity index (χ2v) is 4.59. The zero-order valence-electron chi connectivity index (χ0n) is 8.89. The van der Waals surface area contributed by atoms with Gasteiger partial charge in [-0.05, 0) is 28.7 Å². The van der Waals surface area contributed by atoms with Gasteiger partial charge in [0.05, 0.1) is 0 Å². The van der Waals surface area contributed by atoms with Gasteiger partial charge < -0.3 is 5.32 Å². The van der Waals surface area contributed by atoms with E-state index < -0.39 is 0 Å². The minimum atomic E-state index is 0.669. The molecule has 0 aliphatic heterocycles. The summed E-state index contributed by atoms with van der Waals surface area (Å²) in [5, 5.41) is 7.28. The van der Waals surface area contributed by atoms with Crippen LogP contribution in [0.25, 0.3) is 0 Å². The molecule has 2 rings (SSSR count). The van der Waals surface area contributed by atoms with E-state index in [1.165, 1.54) is 5.69 Å². The number of nitrogens with zero attached hydrogens (tertiary/aromatic N) is 4. The highest BCUT2D eigenvalue weighted by molar-refractivity contribution is 14.1. The fraction of sp³-hybridized carbons (Fsp3) is 0.300. The first kappa shape index (κ1) is 11.3. The number of hydrogen-bond donors (Lipinski definition) is 1. The molecule has 0 radical (unpaired) electrons. The van der Waals surface area contributed by atoms with Gasteiger partial charge in [0, 0.05) is 47.9 Å². The highest BCUT2D eigenvalue weighted by atomic mass is 127. The van der Waals surface area contributed by atoms with Crippen molar-refractivity contribution in [2.45, 2.75) is 6.42 Å². The molecule has 16 heavy (non-hydrogen) atoms. The zero-order chi connectivity index (χ0) is 11.4. The molecular formula is C10H12IN5. The topological polar surface area (TPSA) is 55.6 Å². The molecular weight excluding hydrogens is 317 g/mol. The average molecular weight is 329 g/mol. The van der Waals surface area contributed by atoms with Crippen LogP contribution < -0.4 is 5.32 Å². The molecule has 6 heteroatoms. The van der Waals surface area contributed by atoms with E-state index in [1.807, 2.05) is 17.8 Å². The Morgan fingerprint density at radius 1 is 1.38 bits per heavy atom. The number of rotatable bonds is 4. The third-order valence-electron chi connectivity index (χ3n) is 2.21. The molecule has 0 aliphatic carbocycles. The molecule has 0 bridgehead atoms. The van der Waals surface area contributed by atoms with Gasteiger partial charge in [0.1, 0.15) is 0 Å². The predicted octanol–water partition coefficient (Wildman–Crippen LogP) is 1.47. The minimum Gasteiger partial charge on any atom is -0.354 e.